The number of pyridine rings is 1. The third-order valence-electron chi connectivity index (χ3n) is 7.44. The SMILES string of the molecule is COC[C@@H]1C[C@H](F)CN1C/C=C/C(=O)Nc1ccc(-c2cccc(C(C)C(=O)Nc3cc(C4CC4)[nH]n3)c2)cn1. The molecule has 0 radical (unpaired) electrons. The number of hydrogen-bond acceptors (Lipinski definition) is 6. The molecule has 1 saturated carbocycles. The highest BCUT2D eigenvalue weighted by molar-refractivity contribution is 5.98. The Bertz CT molecular complexity index is 1350. The number of H-pyrrole nitrogens is 1. The predicted octanol–water partition coefficient (Wildman–Crippen LogP) is 4.64. The van der Waals surface area contributed by atoms with Gasteiger partial charge in [-0.25, -0.2) is 9.37 Å². The van der Waals surface area contributed by atoms with E-state index in [1.807, 2.05) is 48.2 Å². The lowest BCUT2D eigenvalue weighted by Crippen LogP contribution is -2.33. The molecule has 3 N–H and O–H groups in total. The molecule has 2 amide bonds. The number of nitrogens with one attached hydrogen (secondary N) is 3. The predicted molar refractivity (Wildman–Crippen MR) is 152 cm³/mol. The van der Waals surface area contributed by atoms with Crippen molar-refractivity contribution >= 4 is 23.5 Å². The van der Waals surface area contributed by atoms with Crippen LogP contribution >= 0.6 is 0 Å². The van der Waals surface area contributed by atoms with Crippen LogP contribution in [0.4, 0.5) is 16.0 Å². The Morgan fingerprint density at radius 2 is 2.02 bits per heavy atom. The third-order valence-corrected chi connectivity index (χ3v) is 7.44. The van der Waals surface area contributed by atoms with Crippen LogP contribution in [0.5, 0.6) is 0 Å². The number of aromatic nitrogens is 3. The van der Waals surface area contributed by atoms with Crippen molar-refractivity contribution in [2.75, 3.05) is 37.4 Å². The molecule has 1 saturated heterocycles. The van der Waals surface area contributed by atoms with Crippen LogP contribution in [0.15, 0.2) is 60.8 Å². The van der Waals surface area contributed by atoms with Gasteiger partial charge in [0.25, 0.3) is 0 Å². The Balaban J connectivity index is 1.15. The second-order valence-corrected chi connectivity index (χ2v) is 10.5. The lowest BCUT2D eigenvalue weighted by atomic mass is 9.96. The quantitative estimate of drug-likeness (QED) is 0.302. The standard InChI is InChI=1S/C30H35FN6O3/c1-19(30(39)34-28-15-26(35-36-28)20-8-9-20)21-5-3-6-22(13-21)23-10-11-27(32-16-23)33-29(38)7-4-12-37-17-24(31)14-25(37)18-40-2/h3-7,10-11,13,15-16,19-20,24-25H,8-9,12,14,17-18H2,1-2H3,(H,32,33,38)(H2,34,35,36,39)/b7-4+/t19?,24-,25-/m0/s1. The number of alkyl halides is 1. The Hall–Kier alpha value is -3.89. The number of anilines is 2. The van der Waals surface area contributed by atoms with Crippen molar-refractivity contribution in [2.45, 2.75) is 50.2 Å². The van der Waals surface area contributed by atoms with Crippen LogP contribution in [0.2, 0.25) is 0 Å². The van der Waals surface area contributed by atoms with Gasteiger partial charge >= 0.3 is 0 Å². The molecule has 5 rings (SSSR count). The molecule has 1 aliphatic carbocycles. The van der Waals surface area contributed by atoms with Crippen LogP contribution in [0, 0.1) is 0 Å². The molecule has 1 aromatic carbocycles. The fourth-order valence-corrected chi connectivity index (χ4v) is 4.99. The first-order valence-corrected chi connectivity index (χ1v) is 13.7. The van der Waals surface area contributed by atoms with E-state index in [1.165, 1.54) is 6.08 Å². The van der Waals surface area contributed by atoms with Crippen molar-refractivity contribution in [1.29, 1.82) is 0 Å². The zero-order chi connectivity index (χ0) is 28.1. The van der Waals surface area contributed by atoms with E-state index in [1.54, 1.807) is 25.4 Å². The minimum absolute atomic E-state index is 0.0223. The number of aromatic amines is 1. The van der Waals surface area contributed by atoms with Crippen molar-refractivity contribution in [2.24, 2.45) is 0 Å². The summed E-state index contributed by atoms with van der Waals surface area (Å²) < 4.78 is 18.9. The zero-order valence-corrected chi connectivity index (χ0v) is 22.8. The number of halogens is 1. The smallest absolute Gasteiger partial charge is 0.249 e. The molecule has 0 bridgehead atoms. The highest BCUT2D eigenvalue weighted by Gasteiger charge is 2.31. The Morgan fingerprint density at radius 3 is 2.77 bits per heavy atom. The van der Waals surface area contributed by atoms with Crippen molar-refractivity contribution < 1.29 is 18.7 Å². The number of ether oxygens (including phenoxy) is 1. The fraction of sp³-hybridized carbons (Fsp3) is 0.400. The van der Waals surface area contributed by atoms with E-state index in [2.05, 4.69) is 25.8 Å². The highest BCUT2D eigenvalue weighted by atomic mass is 19.1. The third kappa shape index (κ3) is 7.00. The van der Waals surface area contributed by atoms with Gasteiger partial charge in [-0.05, 0) is 49.4 Å². The average Bonchev–Trinajstić information content (AvgIpc) is 3.60. The minimum Gasteiger partial charge on any atom is -0.383 e. The maximum atomic E-state index is 13.7. The number of benzene rings is 1. The molecule has 3 heterocycles. The van der Waals surface area contributed by atoms with Crippen LogP contribution in [0.25, 0.3) is 11.1 Å². The molecule has 40 heavy (non-hydrogen) atoms. The summed E-state index contributed by atoms with van der Waals surface area (Å²) in [4.78, 5) is 31.6. The summed E-state index contributed by atoms with van der Waals surface area (Å²) in [5.41, 5.74) is 3.73. The highest BCUT2D eigenvalue weighted by Crippen LogP contribution is 2.39. The van der Waals surface area contributed by atoms with Crippen LogP contribution in [-0.4, -0.2) is 70.9 Å². The van der Waals surface area contributed by atoms with Gasteiger partial charge in [-0.2, -0.15) is 5.10 Å². The number of nitrogens with zero attached hydrogens (tertiary/aromatic N) is 3. The minimum atomic E-state index is -0.867. The van der Waals surface area contributed by atoms with E-state index >= 15 is 0 Å². The summed E-state index contributed by atoms with van der Waals surface area (Å²) in [6, 6.07) is 13.3. The monoisotopic (exact) mass is 546 g/mol. The van der Waals surface area contributed by atoms with Gasteiger partial charge in [-0.3, -0.25) is 19.6 Å². The van der Waals surface area contributed by atoms with Crippen LogP contribution in [0.3, 0.4) is 0 Å². The summed E-state index contributed by atoms with van der Waals surface area (Å²) in [5, 5.41) is 12.9. The number of carbonyl (C=O) groups excluding carboxylic acids is 2. The molecule has 10 heteroatoms. The average molecular weight is 547 g/mol. The van der Waals surface area contributed by atoms with Crippen LogP contribution in [-0.2, 0) is 14.3 Å². The summed E-state index contributed by atoms with van der Waals surface area (Å²) >= 11 is 0. The Labute approximate surface area is 233 Å². The molecule has 2 fully saturated rings. The van der Waals surface area contributed by atoms with Gasteiger partial charge in [0.1, 0.15) is 12.0 Å². The Morgan fingerprint density at radius 1 is 1.18 bits per heavy atom. The van der Waals surface area contributed by atoms with Gasteiger partial charge in [0, 0.05) is 61.8 Å². The van der Waals surface area contributed by atoms with Gasteiger partial charge in [0.05, 0.1) is 12.5 Å². The molecule has 1 aliphatic heterocycles. The second-order valence-electron chi connectivity index (χ2n) is 10.5. The summed E-state index contributed by atoms with van der Waals surface area (Å²) in [5.74, 6) is 0.708. The molecule has 9 nitrogen and oxygen atoms in total. The summed E-state index contributed by atoms with van der Waals surface area (Å²) in [6.07, 6.45) is 6.76. The zero-order valence-electron chi connectivity index (χ0n) is 22.8. The molecule has 1 unspecified atom stereocenters. The first-order valence-electron chi connectivity index (χ1n) is 13.7. The number of methoxy groups -OCH3 is 1. The maximum absolute atomic E-state index is 13.7. The van der Waals surface area contributed by atoms with Crippen molar-refractivity contribution in [3.05, 3.63) is 72.1 Å². The fourth-order valence-electron chi connectivity index (χ4n) is 4.99. The molecular weight excluding hydrogens is 511 g/mol. The molecule has 2 aromatic heterocycles. The van der Waals surface area contributed by atoms with Gasteiger partial charge in [0.15, 0.2) is 5.82 Å². The first kappa shape index (κ1) is 27.7. The number of carbonyl (C=O) groups is 2. The van der Waals surface area contributed by atoms with Gasteiger partial charge < -0.3 is 15.4 Å². The second kappa shape index (κ2) is 12.5. The number of likely N-dealkylation sites (tertiary alicyclic amines) is 1. The Kier molecular flexibility index (Phi) is 8.66. The normalized spacial score (nSPS) is 20.1. The summed E-state index contributed by atoms with van der Waals surface area (Å²) in [6.45, 7) is 3.16. The molecule has 210 valence electrons. The lowest BCUT2D eigenvalue weighted by Gasteiger charge is -2.21. The van der Waals surface area contributed by atoms with Crippen molar-refractivity contribution in [1.82, 2.24) is 20.1 Å². The molecule has 2 aliphatic rings. The maximum Gasteiger partial charge on any atom is 0.249 e. The first-order chi connectivity index (χ1) is 19.4. The topological polar surface area (TPSA) is 112 Å². The van der Waals surface area contributed by atoms with E-state index in [4.69, 9.17) is 4.74 Å². The van der Waals surface area contributed by atoms with Crippen molar-refractivity contribution in [3.8, 4) is 11.1 Å². The van der Waals surface area contributed by atoms with Crippen LogP contribution in [0.1, 0.15) is 49.3 Å². The van der Waals surface area contributed by atoms with E-state index in [9.17, 15) is 14.0 Å². The van der Waals surface area contributed by atoms with Gasteiger partial charge in [0.2, 0.25) is 11.8 Å². The molecule has 3 aromatic rings. The molecule has 0 spiro atoms. The number of hydrogen-bond donors (Lipinski definition) is 3. The van der Waals surface area contributed by atoms with Gasteiger partial charge in [-0.15, -0.1) is 0 Å². The van der Waals surface area contributed by atoms with E-state index in [0.717, 1.165) is 35.2 Å². The largest absolute Gasteiger partial charge is 0.383 e. The van der Waals surface area contributed by atoms with E-state index in [-0.39, 0.29) is 23.8 Å². The van der Waals surface area contributed by atoms with E-state index in [0.29, 0.717) is 43.7 Å². The van der Waals surface area contributed by atoms with Gasteiger partial charge in [-0.1, -0.05) is 30.3 Å². The number of amides is 2. The summed E-state index contributed by atoms with van der Waals surface area (Å²) in [7, 11) is 1.61. The van der Waals surface area contributed by atoms with Crippen molar-refractivity contribution in [3.63, 3.8) is 0 Å². The number of rotatable bonds is 11. The van der Waals surface area contributed by atoms with Crippen LogP contribution < -0.4 is 10.6 Å². The molecular formula is C30H35FN6O3. The lowest BCUT2D eigenvalue weighted by molar-refractivity contribution is -0.117. The van der Waals surface area contributed by atoms with E-state index < -0.39 is 6.17 Å². The molecule has 3 atom stereocenters.